The molecule has 0 saturated heterocycles. The summed E-state index contributed by atoms with van der Waals surface area (Å²) in [5.74, 6) is 0.919. The molecule has 1 aromatic carbocycles. The lowest BCUT2D eigenvalue weighted by molar-refractivity contribution is 0.814. The summed E-state index contributed by atoms with van der Waals surface area (Å²) < 4.78 is 0. The van der Waals surface area contributed by atoms with E-state index in [1.807, 2.05) is 0 Å². The van der Waals surface area contributed by atoms with Crippen LogP contribution in [0.25, 0.3) is 11.0 Å². The Bertz CT molecular complexity index is 889. The number of hydrogen-bond acceptors (Lipinski definition) is 3. The van der Waals surface area contributed by atoms with Crippen molar-refractivity contribution in [3.8, 4) is 0 Å². The second-order valence-electron chi connectivity index (χ2n) is 6.11. The number of fused-ring (bicyclic) bond motifs is 1. The third kappa shape index (κ3) is 2.54. The van der Waals surface area contributed by atoms with Crippen LogP contribution >= 0.6 is 0 Å². The van der Waals surface area contributed by atoms with E-state index in [0.29, 0.717) is 23.3 Å². The van der Waals surface area contributed by atoms with Crippen molar-refractivity contribution in [1.82, 2.24) is 20.2 Å². The molecule has 0 bridgehead atoms. The highest BCUT2D eigenvalue weighted by atomic mass is 16.1. The summed E-state index contributed by atoms with van der Waals surface area (Å²) in [6.07, 6.45) is 0.613. The zero-order valence-electron chi connectivity index (χ0n) is 13.3. The molecular weight excluding hydrogens is 276 g/mol. The quantitative estimate of drug-likeness (QED) is 0.780. The fraction of sp³-hybridized carbons (Fsp3) is 0.353. The largest absolute Gasteiger partial charge is 0.308 e. The van der Waals surface area contributed by atoms with Crippen molar-refractivity contribution in [2.24, 2.45) is 0 Å². The molecule has 0 atom stereocenters. The van der Waals surface area contributed by atoms with Gasteiger partial charge in [0, 0.05) is 6.42 Å². The van der Waals surface area contributed by atoms with Gasteiger partial charge in [0.1, 0.15) is 11.3 Å². The Morgan fingerprint density at radius 1 is 1.18 bits per heavy atom. The van der Waals surface area contributed by atoms with Crippen molar-refractivity contribution in [2.45, 2.75) is 40.0 Å². The lowest BCUT2D eigenvalue weighted by Crippen LogP contribution is -2.12. The molecule has 22 heavy (non-hydrogen) atoms. The molecule has 114 valence electrons. The summed E-state index contributed by atoms with van der Waals surface area (Å²) in [6, 6.07) is 6.32. The Labute approximate surface area is 128 Å². The molecule has 3 aromatic rings. The Balaban J connectivity index is 2.09. The molecule has 0 radical (unpaired) electrons. The molecular formula is C17H20N4O. The first-order valence-corrected chi connectivity index (χ1v) is 7.49. The highest BCUT2D eigenvalue weighted by Gasteiger charge is 2.15. The molecule has 0 aliphatic heterocycles. The fourth-order valence-electron chi connectivity index (χ4n) is 2.63. The molecule has 0 aliphatic carbocycles. The molecule has 0 aliphatic rings. The lowest BCUT2D eigenvalue weighted by atomic mass is 10.0. The van der Waals surface area contributed by atoms with Crippen molar-refractivity contribution >= 4 is 11.0 Å². The standard InChI is InChI=1S/C17H20N4O/c1-9(2)14-15-16(21-20-14)17(22)19-13(18-15)8-12-7-10(3)5-6-11(12)4/h5-7,9H,8H2,1-4H3,(H,20,21)(H,18,19,22). The molecule has 5 nitrogen and oxygen atoms in total. The number of benzene rings is 1. The average Bonchev–Trinajstić information content (AvgIpc) is 2.87. The van der Waals surface area contributed by atoms with E-state index in [4.69, 9.17) is 0 Å². The number of aromatic nitrogens is 4. The Morgan fingerprint density at radius 2 is 1.95 bits per heavy atom. The Hall–Kier alpha value is -2.43. The molecule has 5 heteroatoms. The number of rotatable bonds is 3. The van der Waals surface area contributed by atoms with Crippen LogP contribution < -0.4 is 5.56 Å². The summed E-state index contributed by atoms with van der Waals surface area (Å²) in [5.41, 5.74) is 5.36. The summed E-state index contributed by atoms with van der Waals surface area (Å²) in [4.78, 5) is 19.7. The molecule has 0 unspecified atom stereocenters. The van der Waals surface area contributed by atoms with Crippen LogP contribution in [0, 0.1) is 13.8 Å². The lowest BCUT2D eigenvalue weighted by Gasteiger charge is -2.07. The van der Waals surface area contributed by atoms with Crippen molar-refractivity contribution in [3.05, 3.63) is 56.8 Å². The van der Waals surface area contributed by atoms with Crippen LogP contribution in [-0.4, -0.2) is 20.2 Å². The van der Waals surface area contributed by atoms with Gasteiger partial charge in [-0.1, -0.05) is 37.6 Å². The normalized spacial score (nSPS) is 11.5. The maximum absolute atomic E-state index is 12.2. The van der Waals surface area contributed by atoms with E-state index in [2.05, 4.69) is 66.1 Å². The summed E-state index contributed by atoms with van der Waals surface area (Å²) in [5, 5.41) is 7.02. The predicted molar refractivity (Wildman–Crippen MR) is 87.3 cm³/mol. The summed E-state index contributed by atoms with van der Waals surface area (Å²) in [7, 11) is 0. The zero-order valence-corrected chi connectivity index (χ0v) is 13.3. The maximum Gasteiger partial charge on any atom is 0.279 e. The minimum absolute atomic E-state index is 0.187. The van der Waals surface area contributed by atoms with Gasteiger partial charge in [-0.3, -0.25) is 9.89 Å². The van der Waals surface area contributed by atoms with Gasteiger partial charge in [0.2, 0.25) is 0 Å². The first-order chi connectivity index (χ1) is 10.5. The van der Waals surface area contributed by atoms with E-state index in [1.165, 1.54) is 16.7 Å². The number of aromatic amines is 2. The smallest absolute Gasteiger partial charge is 0.279 e. The zero-order chi connectivity index (χ0) is 15.9. The number of nitrogens with zero attached hydrogens (tertiary/aromatic N) is 2. The first kappa shape index (κ1) is 14.5. The highest BCUT2D eigenvalue weighted by molar-refractivity contribution is 5.76. The third-order valence-corrected chi connectivity index (χ3v) is 3.93. The Morgan fingerprint density at radius 3 is 2.68 bits per heavy atom. The van der Waals surface area contributed by atoms with Gasteiger partial charge in [-0.05, 0) is 30.9 Å². The van der Waals surface area contributed by atoms with Gasteiger partial charge in [-0.2, -0.15) is 5.10 Å². The molecule has 2 N–H and O–H groups in total. The molecule has 0 spiro atoms. The van der Waals surface area contributed by atoms with Crippen LogP contribution in [-0.2, 0) is 6.42 Å². The SMILES string of the molecule is Cc1ccc(C)c(Cc2nc3c(C(C)C)[nH]nc3c(=O)[nH]2)c1. The van der Waals surface area contributed by atoms with Crippen LogP contribution in [0.2, 0.25) is 0 Å². The van der Waals surface area contributed by atoms with Crippen LogP contribution in [0.15, 0.2) is 23.0 Å². The van der Waals surface area contributed by atoms with Crippen LogP contribution in [0.5, 0.6) is 0 Å². The van der Waals surface area contributed by atoms with Gasteiger partial charge >= 0.3 is 0 Å². The summed E-state index contributed by atoms with van der Waals surface area (Å²) in [6.45, 7) is 8.25. The number of nitrogens with one attached hydrogen (secondary N) is 2. The van der Waals surface area contributed by atoms with Crippen molar-refractivity contribution in [1.29, 1.82) is 0 Å². The minimum Gasteiger partial charge on any atom is -0.308 e. The van der Waals surface area contributed by atoms with Crippen molar-refractivity contribution < 1.29 is 0 Å². The monoisotopic (exact) mass is 296 g/mol. The summed E-state index contributed by atoms with van der Waals surface area (Å²) >= 11 is 0. The minimum atomic E-state index is -0.187. The fourth-order valence-corrected chi connectivity index (χ4v) is 2.63. The molecule has 2 aromatic heterocycles. The van der Waals surface area contributed by atoms with E-state index in [-0.39, 0.29) is 11.5 Å². The first-order valence-electron chi connectivity index (χ1n) is 7.49. The number of hydrogen-bond donors (Lipinski definition) is 2. The molecule has 0 fully saturated rings. The van der Waals surface area contributed by atoms with Crippen LogP contribution in [0.3, 0.4) is 0 Å². The molecule has 0 saturated carbocycles. The van der Waals surface area contributed by atoms with E-state index in [1.54, 1.807) is 0 Å². The average molecular weight is 296 g/mol. The maximum atomic E-state index is 12.2. The van der Waals surface area contributed by atoms with Crippen molar-refractivity contribution in [3.63, 3.8) is 0 Å². The van der Waals surface area contributed by atoms with Gasteiger partial charge in [0.25, 0.3) is 5.56 Å². The van der Waals surface area contributed by atoms with Crippen LogP contribution in [0.1, 0.15) is 48.0 Å². The van der Waals surface area contributed by atoms with Gasteiger partial charge in [0.15, 0.2) is 5.52 Å². The second kappa shape index (κ2) is 5.40. The van der Waals surface area contributed by atoms with E-state index in [9.17, 15) is 4.79 Å². The van der Waals surface area contributed by atoms with Gasteiger partial charge in [0.05, 0.1) is 5.69 Å². The van der Waals surface area contributed by atoms with Gasteiger partial charge in [-0.15, -0.1) is 0 Å². The topological polar surface area (TPSA) is 74.4 Å². The molecule has 0 amide bonds. The van der Waals surface area contributed by atoms with Crippen molar-refractivity contribution in [2.75, 3.05) is 0 Å². The van der Waals surface area contributed by atoms with Gasteiger partial charge in [-0.25, -0.2) is 4.98 Å². The van der Waals surface area contributed by atoms with E-state index >= 15 is 0 Å². The predicted octanol–water partition coefficient (Wildman–Crippen LogP) is 2.98. The van der Waals surface area contributed by atoms with E-state index in [0.717, 1.165) is 5.69 Å². The Kier molecular flexibility index (Phi) is 3.56. The number of H-pyrrole nitrogens is 2. The van der Waals surface area contributed by atoms with Crippen LogP contribution in [0.4, 0.5) is 0 Å². The second-order valence-corrected chi connectivity index (χ2v) is 6.11. The third-order valence-electron chi connectivity index (χ3n) is 3.93. The highest BCUT2D eigenvalue weighted by Crippen LogP contribution is 2.20. The van der Waals surface area contributed by atoms with E-state index < -0.39 is 0 Å². The molecule has 3 rings (SSSR count). The van der Waals surface area contributed by atoms with Gasteiger partial charge < -0.3 is 4.98 Å². The molecule has 2 heterocycles. The number of aryl methyl sites for hydroxylation is 2.